The van der Waals surface area contributed by atoms with Crippen LogP contribution in [0.2, 0.25) is 0 Å². The number of anilines is 2. The molecule has 24 heavy (non-hydrogen) atoms. The summed E-state index contributed by atoms with van der Waals surface area (Å²) in [5.41, 5.74) is 2.73. The molecule has 2 N–H and O–H groups in total. The van der Waals surface area contributed by atoms with E-state index in [2.05, 4.69) is 16.4 Å². The van der Waals surface area contributed by atoms with Gasteiger partial charge in [-0.1, -0.05) is 19.9 Å². The van der Waals surface area contributed by atoms with Crippen LogP contribution in [0.15, 0.2) is 27.8 Å². The molecule has 1 aromatic carbocycles. The third-order valence-electron chi connectivity index (χ3n) is 3.72. The standard InChI is InChI=1S/C18H25N3O3/c1-6-24-10-21-16(15(11(2)3)17(22)20-18(21)23)19-14-8-12(4)7-13(5)9-14/h7-9,11,19H,6,10H2,1-5H3,(H,20,22,23). The summed E-state index contributed by atoms with van der Waals surface area (Å²) >= 11 is 0. The van der Waals surface area contributed by atoms with Gasteiger partial charge in [0.15, 0.2) is 0 Å². The maximum Gasteiger partial charge on any atom is 0.331 e. The van der Waals surface area contributed by atoms with Gasteiger partial charge < -0.3 is 10.1 Å². The van der Waals surface area contributed by atoms with E-state index < -0.39 is 5.69 Å². The number of hydrogen-bond donors (Lipinski definition) is 2. The van der Waals surface area contributed by atoms with Crippen LogP contribution in [0.4, 0.5) is 11.5 Å². The van der Waals surface area contributed by atoms with E-state index in [-0.39, 0.29) is 18.2 Å². The Labute approximate surface area is 141 Å². The monoisotopic (exact) mass is 331 g/mol. The topological polar surface area (TPSA) is 76.1 Å². The van der Waals surface area contributed by atoms with Crippen molar-refractivity contribution < 1.29 is 4.74 Å². The van der Waals surface area contributed by atoms with Gasteiger partial charge in [0, 0.05) is 12.3 Å². The Morgan fingerprint density at radius 3 is 2.33 bits per heavy atom. The Morgan fingerprint density at radius 2 is 1.79 bits per heavy atom. The molecule has 2 rings (SSSR count). The van der Waals surface area contributed by atoms with Crippen molar-refractivity contribution in [2.75, 3.05) is 11.9 Å². The van der Waals surface area contributed by atoms with Crippen molar-refractivity contribution >= 4 is 11.5 Å². The molecule has 1 heterocycles. The van der Waals surface area contributed by atoms with Crippen molar-refractivity contribution in [3.63, 3.8) is 0 Å². The molecule has 0 saturated carbocycles. The molecule has 0 unspecified atom stereocenters. The van der Waals surface area contributed by atoms with Crippen LogP contribution >= 0.6 is 0 Å². The lowest BCUT2D eigenvalue weighted by Crippen LogP contribution is -2.35. The van der Waals surface area contributed by atoms with Crippen LogP contribution in [0.25, 0.3) is 0 Å². The predicted molar refractivity (Wildman–Crippen MR) is 96.2 cm³/mol. The highest BCUT2D eigenvalue weighted by Gasteiger charge is 2.18. The largest absolute Gasteiger partial charge is 0.361 e. The van der Waals surface area contributed by atoms with Gasteiger partial charge in [0.05, 0.1) is 5.56 Å². The van der Waals surface area contributed by atoms with Crippen molar-refractivity contribution in [1.29, 1.82) is 0 Å². The first-order valence-electron chi connectivity index (χ1n) is 8.13. The third-order valence-corrected chi connectivity index (χ3v) is 3.72. The van der Waals surface area contributed by atoms with Gasteiger partial charge in [-0.2, -0.15) is 0 Å². The van der Waals surface area contributed by atoms with E-state index in [9.17, 15) is 9.59 Å². The van der Waals surface area contributed by atoms with Gasteiger partial charge in [-0.15, -0.1) is 0 Å². The summed E-state index contributed by atoms with van der Waals surface area (Å²) in [5, 5.41) is 3.26. The van der Waals surface area contributed by atoms with E-state index in [1.807, 2.05) is 46.8 Å². The minimum Gasteiger partial charge on any atom is -0.361 e. The second kappa shape index (κ2) is 7.49. The molecule has 6 nitrogen and oxygen atoms in total. The number of aromatic nitrogens is 2. The third kappa shape index (κ3) is 3.94. The molecule has 130 valence electrons. The minimum absolute atomic E-state index is 0.0457. The first-order valence-corrected chi connectivity index (χ1v) is 8.13. The molecule has 0 bridgehead atoms. The highest BCUT2D eigenvalue weighted by molar-refractivity contribution is 5.61. The summed E-state index contributed by atoms with van der Waals surface area (Å²) < 4.78 is 6.83. The van der Waals surface area contributed by atoms with E-state index >= 15 is 0 Å². The van der Waals surface area contributed by atoms with Crippen LogP contribution in [0.5, 0.6) is 0 Å². The molecular formula is C18H25N3O3. The molecule has 1 aromatic heterocycles. The lowest BCUT2D eigenvalue weighted by molar-refractivity contribution is 0.0856. The van der Waals surface area contributed by atoms with Gasteiger partial charge in [-0.25, -0.2) is 4.79 Å². The van der Waals surface area contributed by atoms with E-state index in [1.165, 1.54) is 4.57 Å². The Kier molecular flexibility index (Phi) is 5.62. The zero-order chi connectivity index (χ0) is 17.9. The number of nitrogens with zero attached hydrogens (tertiary/aromatic N) is 1. The normalized spacial score (nSPS) is 11.1. The summed E-state index contributed by atoms with van der Waals surface area (Å²) in [7, 11) is 0. The molecule has 0 spiro atoms. The van der Waals surface area contributed by atoms with Gasteiger partial charge in [-0.05, 0) is 49.9 Å². The zero-order valence-corrected chi connectivity index (χ0v) is 14.9. The van der Waals surface area contributed by atoms with Crippen molar-refractivity contribution in [2.45, 2.75) is 47.3 Å². The Hall–Kier alpha value is -2.34. The van der Waals surface area contributed by atoms with Gasteiger partial charge >= 0.3 is 5.69 Å². The first kappa shape index (κ1) is 18.0. The number of hydrogen-bond acceptors (Lipinski definition) is 4. The fourth-order valence-electron chi connectivity index (χ4n) is 2.75. The molecule has 6 heteroatoms. The van der Waals surface area contributed by atoms with E-state index in [1.54, 1.807) is 0 Å². The quantitative estimate of drug-likeness (QED) is 0.853. The molecule has 0 aliphatic carbocycles. The van der Waals surface area contributed by atoms with Gasteiger partial charge in [0.2, 0.25) is 0 Å². The molecule has 0 aliphatic rings. The summed E-state index contributed by atoms with van der Waals surface area (Å²) in [5.74, 6) is 0.438. The molecule has 0 aliphatic heterocycles. The average Bonchev–Trinajstić information content (AvgIpc) is 2.45. The Balaban J connectivity index is 2.63. The molecule has 0 radical (unpaired) electrons. The lowest BCUT2D eigenvalue weighted by atomic mass is 10.1. The van der Waals surface area contributed by atoms with Crippen LogP contribution in [0.3, 0.4) is 0 Å². The first-order chi connectivity index (χ1) is 11.3. The lowest BCUT2D eigenvalue weighted by Gasteiger charge is -2.19. The molecule has 2 aromatic rings. The van der Waals surface area contributed by atoms with E-state index in [4.69, 9.17) is 4.74 Å². The Morgan fingerprint density at radius 1 is 1.17 bits per heavy atom. The summed E-state index contributed by atoms with van der Waals surface area (Å²) in [6.07, 6.45) is 0. The molecule has 0 atom stereocenters. The minimum atomic E-state index is -0.482. The van der Waals surface area contributed by atoms with Crippen molar-refractivity contribution in [3.05, 3.63) is 55.7 Å². The van der Waals surface area contributed by atoms with E-state index in [0.29, 0.717) is 18.0 Å². The van der Waals surface area contributed by atoms with Crippen LogP contribution in [0, 0.1) is 13.8 Å². The SMILES string of the molecule is CCOCn1c(Nc2cc(C)cc(C)c2)c(C(C)C)c(=O)[nH]c1=O. The summed E-state index contributed by atoms with van der Waals surface area (Å²) in [4.78, 5) is 26.9. The van der Waals surface area contributed by atoms with Gasteiger partial charge in [0.25, 0.3) is 5.56 Å². The van der Waals surface area contributed by atoms with Crippen LogP contribution in [-0.2, 0) is 11.5 Å². The summed E-state index contributed by atoms with van der Waals surface area (Å²) in [6, 6.07) is 6.03. The Bertz CT molecular complexity index is 814. The molecule has 0 fully saturated rings. The second-order valence-corrected chi connectivity index (χ2v) is 6.23. The number of H-pyrrole nitrogens is 1. The molecular weight excluding hydrogens is 306 g/mol. The molecule has 0 saturated heterocycles. The predicted octanol–water partition coefficient (Wildman–Crippen LogP) is 3.01. The maximum atomic E-state index is 12.3. The van der Waals surface area contributed by atoms with Crippen LogP contribution in [0.1, 0.15) is 43.4 Å². The van der Waals surface area contributed by atoms with Crippen molar-refractivity contribution in [3.8, 4) is 0 Å². The van der Waals surface area contributed by atoms with Gasteiger partial charge in [-0.3, -0.25) is 14.3 Å². The molecule has 0 amide bonds. The van der Waals surface area contributed by atoms with Crippen LogP contribution < -0.4 is 16.6 Å². The highest BCUT2D eigenvalue weighted by atomic mass is 16.5. The maximum absolute atomic E-state index is 12.3. The zero-order valence-electron chi connectivity index (χ0n) is 14.9. The van der Waals surface area contributed by atoms with Crippen molar-refractivity contribution in [1.82, 2.24) is 9.55 Å². The average molecular weight is 331 g/mol. The number of aryl methyl sites for hydroxylation is 2. The number of rotatable bonds is 6. The fourth-order valence-corrected chi connectivity index (χ4v) is 2.75. The fraction of sp³-hybridized carbons (Fsp3) is 0.444. The number of nitrogens with one attached hydrogen (secondary N) is 2. The number of aromatic amines is 1. The van der Waals surface area contributed by atoms with Crippen LogP contribution in [-0.4, -0.2) is 16.2 Å². The number of ether oxygens (including phenoxy) is 1. The van der Waals surface area contributed by atoms with E-state index in [0.717, 1.165) is 16.8 Å². The number of benzene rings is 1. The highest BCUT2D eigenvalue weighted by Crippen LogP contribution is 2.24. The summed E-state index contributed by atoms with van der Waals surface area (Å²) in [6.45, 7) is 10.3. The smallest absolute Gasteiger partial charge is 0.331 e. The second-order valence-electron chi connectivity index (χ2n) is 6.23. The van der Waals surface area contributed by atoms with Crippen molar-refractivity contribution in [2.24, 2.45) is 0 Å². The van der Waals surface area contributed by atoms with Gasteiger partial charge in [0.1, 0.15) is 12.5 Å².